The first-order chi connectivity index (χ1) is 10.00. The van der Waals surface area contributed by atoms with Gasteiger partial charge in [0.05, 0.1) is 17.4 Å². The van der Waals surface area contributed by atoms with Crippen molar-refractivity contribution in [1.82, 2.24) is 5.32 Å². The number of sulfone groups is 1. The smallest absolute Gasteiger partial charge is 0.228 e. The molecule has 0 spiro atoms. The average molecular weight is 310 g/mol. The Bertz CT molecular complexity index is 581. The van der Waals surface area contributed by atoms with E-state index in [0.717, 1.165) is 25.1 Å². The van der Waals surface area contributed by atoms with Crippen molar-refractivity contribution >= 4 is 21.4 Å². The lowest BCUT2D eigenvalue weighted by Gasteiger charge is -2.10. The van der Waals surface area contributed by atoms with Crippen LogP contribution < -0.4 is 10.6 Å². The molecule has 1 aromatic rings. The van der Waals surface area contributed by atoms with Crippen LogP contribution in [0.25, 0.3) is 0 Å². The topological polar surface area (TPSA) is 75.3 Å². The Morgan fingerprint density at radius 3 is 2.57 bits per heavy atom. The molecule has 1 aliphatic rings. The van der Waals surface area contributed by atoms with E-state index in [1.165, 1.54) is 0 Å². The van der Waals surface area contributed by atoms with Gasteiger partial charge < -0.3 is 10.6 Å². The summed E-state index contributed by atoms with van der Waals surface area (Å²) in [5.74, 6) is -0.529. The van der Waals surface area contributed by atoms with Crippen LogP contribution in [0.15, 0.2) is 24.3 Å². The van der Waals surface area contributed by atoms with Crippen LogP contribution in [0.2, 0.25) is 0 Å². The summed E-state index contributed by atoms with van der Waals surface area (Å²) >= 11 is 0. The second kappa shape index (κ2) is 7.04. The van der Waals surface area contributed by atoms with E-state index in [9.17, 15) is 13.2 Å². The number of carbonyl (C=O) groups excluding carboxylic acids is 1. The van der Waals surface area contributed by atoms with E-state index in [4.69, 9.17) is 0 Å². The van der Waals surface area contributed by atoms with Gasteiger partial charge in [-0.1, -0.05) is 19.1 Å². The highest BCUT2D eigenvalue weighted by atomic mass is 32.2. The van der Waals surface area contributed by atoms with Crippen LogP contribution in [0.4, 0.5) is 5.69 Å². The molecule has 2 rings (SSSR count). The molecule has 0 aromatic heterocycles. The first-order valence-corrected chi connectivity index (χ1v) is 9.13. The fraction of sp³-hybridized carbons (Fsp3) is 0.533. The maximum Gasteiger partial charge on any atom is 0.228 e. The third-order valence-corrected chi connectivity index (χ3v) is 5.35. The van der Waals surface area contributed by atoms with Gasteiger partial charge in [-0.3, -0.25) is 4.79 Å². The second-order valence-corrected chi connectivity index (χ2v) is 7.69. The monoisotopic (exact) mass is 310 g/mol. The lowest BCUT2D eigenvalue weighted by atomic mass is 10.1. The third kappa shape index (κ3) is 4.82. The lowest BCUT2D eigenvalue weighted by Crippen LogP contribution is -2.23. The van der Waals surface area contributed by atoms with E-state index in [-0.39, 0.29) is 17.4 Å². The lowest BCUT2D eigenvalue weighted by molar-refractivity contribution is -0.119. The van der Waals surface area contributed by atoms with Crippen LogP contribution in [-0.2, 0) is 21.2 Å². The van der Waals surface area contributed by atoms with Crippen molar-refractivity contribution in [1.29, 1.82) is 0 Å². The molecule has 1 aromatic carbocycles. The molecule has 21 heavy (non-hydrogen) atoms. The number of nitrogens with one attached hydrogen (secondary N) is 2. The Kier molecular flexibility index (Phi) is 5.36. The Morgan fingerprint density at radius 2 is 2.00 bits per heavy atom. The van der Waals surface area contributed by atoms with E-state index >= 15 is 0 Å². The Hall–Kier alpha value is -1.40. The zero-order valence-electron chi connectivity index (χ0n) is 12.3. The molecule has 1 aliphatic heterocycles. The summed E-state index contributed by atoms with van der Waals surface area (Å²) in [4.78, 5) is 12.0. The van der Waals surface area contributed by atoms with Gasteiger partial charge in [-0.2, -0.15) is 0 Å². The average Bonchev–Trinajstić information content (AvgIpc) is 2.81. The summed E-state index contributed by atoms with van der Waals surface area (Å²) in [6.07, 6.45) is 1.52. The van der Waals surface area contributed by atoms with Crippen molar-refractivity contribution in [3.05, 3.63) is 29.8 Å². The van der Waals surface area contributed by atoms with Crippen LogP contribution in [0.1, 0.15) is 25.3 Å². The predicted molar refractivity (Wildman–Crippen MR) is 83.8 cm³/mol. The highest BCUT2D eigenvalue weighted by molar-refractivity contribution is 7.91. The molecule has 6 heteroatoms. The largest absolute Gasteiger partial charge is 0.326 e. The fourth-order valence-corrected chi connectivity index (χ4v) is 4.10. The number of hydrogen-bond donors (Lipinski definition) is 2. The maximum absolute atomic E-state index is 12.0. The Balaban J connectivity index is 1.87. The molecule has 1 atom stereocenters. The minimum Gasteiger partial charge on any atom is -0.326 e. The molecule has 1 fully saturated rings. The first-order valence-electron chi connectivity index (χ1n) is 7.31. The van der Waals surface area contributed by atoms with E-state index in [1.54, 1.807) is 0 Å². The van der Waals surface area contributed by atoms with Crippen molar-refractivity contribution in [3.8, 4) is 0 Å². The predicted octanol–water partition coefficient (Wildman–Crippen LogP) is 1.56. The van der Waals surface area contributed by atoms with Crippen molar-refractivity contribution in [2.75, 3.05) is 23.4 Å². The van der Waals surface area contributed by atoms with Crippen molar-refractivity contribution < 1.29 is 13.2 Å². The number of anilines is 1. The summed E-state index contributed by atoms with van der Waals surface area (Å²) in [6.45, 7) is 3.91. The molecule has 0 aliphatic carbocycles. The zero-order chi connectivity index (χ0) is 15.3. The van der Waals surface area contributed by atoms with Crippen molar-refractivity contribution in [3.63, 3.8) is 0 Å². The molecule has 2 N–H and O–H groups in total. The SMILES string of the molecule is CCCNCc1ccc(NC(=O)C2CCS(=O)(=O)C2)cc1. The first kappa shape index (κ1) is 16.0. The number of amides is 1. The third-order valence-electron chi connectivity index (χ3n) is 3.58. The van der Waals surface area contributed by atoms with Crippen LogP contribution in [0.3, 0.4) is 0 Å². The van der Waals surface area contributed by atoms with Gasteiger partial charge in [-0.05, 0) is 37.1 Å². The molecule has 1 unspecified atom stereocenters. The van der Waals surface area contributed by atoms with Gasteiger partial charge in [0.25, 0.3) is 0 Å². The van der Waals surface area contributed by atoms with E-state index in [2.05, 4.69) is 17.6 Å². The van der Waals surface area contributed by atoms with Gasteiger partial charge in [0.15, 0.2) is 9.84 Å². The van der Waals surface area contributed by atoms with Gasteiger partial charge in [0.2, 0.25) is 5.91 Å². The second-order valence-electron chi connectivity index (χ2n) is 5.46. The molecular formula is C15H22N2O3S. The van der Waals surface area contributed by atoms with Crippen LogP contribution in [0.5, 0.6) is 0 Å². The van der Waals surface area contributed by atoms with Gasteiger partial charge in [0.1, 0.15) is 0 Å². The molecule has 1 amide bonds. The number of hydrogen-bond acceptors (Lipinski definition) is 4. The highest BCUT2D eigenvalue weighted by Gasteiger charge is 2.32. The summed E-state index contributed by atoms with van der Waals surface area (Å²) in [5, 5.41) is 6.10. The molecule has 1 saturated heterocycles. The van der Waals surface area contributed by atoms with E-state index in [1.807, 2.05) is 24.3 Å². The molecule has 5 nitrogen and oxygen atoms in total. The summed E-state index contributed by atoms with van der Waals surface area (Å²) in [7, 11) is -3.02. The van der Waals surface area contributed by atoms with Gasteiger partial charge in [0, 0.05) is 12.2 Å². The Morgan fingerprint density at radius 1 is 1.29 bits per heavy atom. The van der Waals surface area contributed by atoms with Gasteiger partial charge in [-0.25, -0.2) is 8.42 Å². The molecule has 0 saturated carbocycles. The highest BCUT2D eigenvalue weighted by Crippen LogP contribution is 2.20. The van der Waals surface area contributed by atoms with E-state index in [0.29, 0.717) is 12.1 Å². The zero-order valence-corrected chi connectivity index (χ0v) is 13.1. The standard InChI is InChI=1S/C15H22N2O3S/c1-2-8-16-10-12-3-5-14(6-4-12)17-15(18)13-7-9-21(19,20)11-13/h3-6,13,16H,2,7-11H2,1H3,(H,17,18). The summed E-state index contributed by atoms with van der Waals surface area (Å²) < 4.78 is 22.8. The summed E-state index contributed by atoms with van der Waals surface area (Å²) in [6, 6.07) is 7.63. The molecular weight excluding hydrogens is 288 g/mol. The summed E-state index contributed by atoms with van der Waals surface area (Å²) in [5.41, 5.74) is 1.87. The number of carbonyl (C=O) groups is 1. The molecule has 0 bridgehead atoms. The molecule has 0 radical (unpaired) electrons. The Labute approximate surface area is 126 Å². The number of benzene rings is 1. The maximum atomic E-state index is 12.0. The van der Waals surface area contributed by atoms with E-state index < -0.39 is 15.8 Å². The van der Waals surface area contributed by atoms with Crippen LogP contribution in [-0.4, -0.2) is 32.4 Å². The number of rotatable bonds is 6. The minimum absolute atomic E-state index is 0.0299. The molecule has 1 heterocycles. The minimum atomic E-state index is -3.02. The van der Waals surface area contributed by atoms with Crippen molar-refractivity contribution in [2.24, 2.45) is 5.92 Å². The fourth-order valence-electron chi connectivity index (χ4n) is 2.36. The van der Waals surface area contributed by atoms with Gasteiger partial charge >= 0.3 is 0 Å². The van der Waals surface area contributed by atoms with Gasteiger partial charge in [-0.15, -0.1) is 0 Å². The molecule has 116 valence electrons. The normalized spacial score (nSPS) is 20.3. The quantitative estimate of drug-likeness (QED) is 0.782. The van der Waals surface area contributed by atoms with Crippen LogP contribution >= 0.6 is 0 Å². The van der Waals surface area contributed by atoms with Crippen LogP contribution in [0, 0.1) is 5.92 Å². The van der Waals surface area contributed by atoms with Crippen molar-refractivity contribution in [2.45, 2.75) is 26.3 Å².